The van der Waals surface area contributed by atoms with Gasteiger partial charge in [-0.05, 0) is 211 Å². The second-order valence-corrected chi connectivity index (χ2v) is 35.5. The highest BCUT2D eigenvalue weighted by atomic mass is 16.5. The van der Waals surface area contributed by atoms with Crippen molar-refractivity contribution in [1.82, 2.24) is 4.98 Å². The van der Waals surface area contributed by atoms with Crippen LogP contribution in [-0.2, 0) is 0 Å². The quantitative estimate of drug-likeness (QED) is 0.124. The number of carbonyl (C=O) groups excluding carboxylic acids is 3. The maximum absolute atomic E-state index is 14.0. The number of hydrogen-bond donors (Lipinski definition) is 0. The van der Waals surface area contributed by atoms with Gasteiger partial charge in [-0.1, -0.05) is 287 Å². The number of para-hydroxylation sites is 4. The van der Waals surface area contributed by atoms with Crippen LogP contribution in [0.2, 0.25) is 0 Å². The number of methoxy groups -OCH3 is 2. The Bertz CT molecular complexity index is 8420. The lowest BCUT2D eigenvalue weighted by Gasteiger charge is -2.25. The number of fused-ring (bicyclic) bond motifs is 14. The van der Waals surface area contributed by atoms with Crippen molar-refractivity contribution >= 4 is 145 Å². The molecule has 2 unspecified atom stereocenters. The van der Waals surface area contributed by atoms with Crippen LogP contribution in [0.25, 0.3) is 181 Å². The van der Waals surface area contributed by atoms with Crippen molar-refractivity contribution in [3.63, 3.8) is 0 Å². The first-order chi connectivity index (χ1) is 66.3. The van der Waals surface area contributed by atoms with Crippen molar-refractivity contribution in [3.05, 3.63) is 374 Å². The normalized spacial score (nSPS) is 14.7. The Balaban J connectivity index is 0.000000112. The lowest BCUT2D eigenvalue weighted by molar-refractivity contribution is 0.252. The molecule has 650 valence electrons. The molecular weight excluding hydrogens is 1660 g/mol. The Morgan fingerprint density at radius 3 is 1.35 bits per heavy atom. The highest BCUT2D eigenvalue weighted by Crippen LogP contribution is 2.61. The van der Waals surface area contributed by atoms with Gasteiger partial charge < -0.3 is 18.9 Å². The summed E-state index contributed by atoms with van der Waals surface area (Å²) in [6.45, 7) is 8.09. The Morgan fingerprint density at radius 2 is 0.815 bits per heavy atom. The minimum Gasteiger partial charge on any atom is -0.496 e. The second kappa shape index (κ2) is 32.5. The van der Waals surface area contributed by atoms with Gasteiger partial charge in [-0.2, -0.15) is 0 Å². The standard InChI is InChI=1S/C45H31N3O2.C42H32N2O2.C34H26N2O3/c1-2-50-44-38-27-32(22-23-40(38)47-41-24-25-48(33-14-4-3-5-15-33)45(49)46-28-39(41)44)43-36-18-10-8-16-34(36)42(35-17-9-11-19-37(35)43)31-21-20-29-12-6-7-13-30(29)26-31;1-25-24-44-41-34(29-14-10-11-19-35(29)43(2)42(44)45)23-36(46-3)40(37(25)41)39-32-17-8-6-15-30(32)38(31-16-7-9-18-33(31)39)28-21-20-26-12-4-5-13-27(26)22-28;1-19-18-36-33-25(20-9-4-6-12-26(20)35(2)34(36)37)17-29(38-3)32(30(19)33)24-16-15-23-21-10-5-7-13-27(21)39-28-14-8-11-22(24)31(23)28/h3-28H,2H2,1H3;4-23,25H,24H2,1-3H3;4-17,19H,18H2,1-3H3. The molecule has 6 aliphatic rings. The summed E-state index contributed by atoms with van der Waals surface area (Å²) >= 11 is 0. The van der Waals surface area contributed by atoms with Crippen molar-refractivity contribution in [2.45, 2.75) is 32.6 Å². The summed E-state index contributed by atoms with van der Waals surface area (Å²) in [4.78, 5) is 59.4. The predicted molar refractivity (Wildman–Crippen MR) is 555 cm³/mol. The molecular formula is C121H89N7O7. The van der Waals surface area contributed by atoms with Crippen LogP contribution in [0, 0.1) is 0 Å². The first-order valence-corrected chi connectivity index (χ1v) is 46.0. The molecule has 0 spiro atoms. The summed E-state index contributed by atoms with van der Waals surface area (Å²) in [6.07, 6.45) is 5.17. The predicted octanol–water partition coefficient (Wildman–Crippen LogP) is 30.6. The number of rotatable bonds is 10. The van der Waals surface area contributed by atoms with Crippen LogP contribution < -0.4 is 43.4 Å². The molecule has 20 aromatic rings. The maximum atomic E-state index is 14.0. The Morgan fingerprint density at radius 1 is 0.378 bits per heavy atom. The number of aromatic nitrogens is 1. The third-order valence-corrected chi connectivity index (χ3v) is 28.0. The monoisotopic (exact) mass is 1750 g/mol. The molecule has 0 fully saturated rings. The highest BCUT2D eigenvalue weighted by molar-refractivity contribution is 6.27. The van der Waals surface area contributed by atoms with E-state index in [1.165, 1.54) is 97.4 Å². The molecule has 0 N–H and O–H groups in total. The van der Waals surface area contributed by atoms with Crippen molar-refractivity contribution in [2.24, 2.45) is 4.99 Å². The Hall–Kier alpha value is -17.0. The van der Waals surface area contributed by atoms with Gasteiger partial charge in [0.15, 0.2) is 0 Å². The van der Waals surface area contributed by atoms with Crippen LogP contribution in [0.4, 0.5) is 42.8 Å². The molecule has 14 nitrogen and oxygen atoms in total. The first kappa shape index (κ1) is 81.3. The molecule has 26 rings (SSSR count). The molecule has 0 bridgehead atoms. The lowest BCUT2D eigenvalue weighted by Crippen LogP contribution is -2.39. The summed E-state index contributed by atoms with van der Waals surface area (Å²) in [6, 6.07) is 120. The van der Waals surface area contributed by atoms with Crippen molar-refractivity contribution in [3.8, 4) is 118 Å². The van der Waals surface area contributed by atoms with Crippen molar-refractivity contribution < 1.29 is 33.3 Å². The number of anilines is 5. The van der Waals surface area contributed by atoms with E-state index in [0.717, 1.165) is 145 Å². The number of carbonyl (C=O) groups is 3. The van der Waals surface area contributed by atoms with E-state index in [0.29, 0.717) is 36.7 Å². The van der Waals surface area contributed by atoms with E-state index in [-0.39, 0.29) is 29.9 Å². The first-order valence-electron chi connectivity index (χ1n) is 46.0. The summed E-state index contributed by atoms with van der Waals surface area (Å²) < 4.78 is 25.2. The van der Waals surface area contributed by atoms with E-state index in [4.69, 9.17) is 23.9 Å². The van der Waals surface area contributed by atoms with Gasteiger partial charge in [0.05, 0.1) is 66.0 Å². The summed E-state index contributed by atoms with van der Waals surface area (Å²) in [5.74, 6) is 4.26. The highest BCUT2D eigenvalue weighted by Gasteiger charge is 2.44. The van der Waals surface area contributed by atoms with Gasteiger partial charge in [0.1, 0.15) is 28.7 Å². The van der Waals surface area contributed by atoms with Gasteiger partial charge >= 0.3 is 18.1 Å². The largest absolute Gasteiger partial charge is 0.496 e. The number of hydrogen-bond acceptors (Lipinski definition) is 8. The fraction of sp³-hybridized carbons (Fsp3) is 0.0992. The number of pyridine rings is 1. The van der Waals surface area contributed by atoms with Crippen LogP contribution in [0.15, 0.2) is 357 Å². The number of aliphatic imine (C=N–C) groups is 1. The third-order valence-electron chi connectivity index (χ3n) is 28.0. The topological polar surface area (TPSA) is 130 Å². The van der Waals surface area contributed by atoms with E-state index in [1.54, 1.807) is 36.4 Å². The third kappa shape index (κ3) is 13.0. The average Bonchev–Trinajstić information content (AvgIpc) is 1.60. The van der Waals surface area contributed by atoms with Crippen molar-refractivity contribution in [1.29, 1.82) is 0 Å². The minimum absolute atomic E-state index is 0.00529. The van der Waals surface area contributed by atoms with Crippen LogP contribution >= 0.6 is 0 Å². The molecule has 6 aliphatic heterocycles. The summed E-state index contributed by atoms with van der Waals surface area (Å²) in [7, 11) is 7.24. The minimum atomic E-state index is -0.390. The van der Waals surface area contributed by atoms with Gasteiger partial charge in [-0.25, -0.2) is 24.4 Å². The van der Waals surface area contributed by atoms with Crippen LogP contribution in [0.3, 0.4) is 0 Å². The van der Waals surface area contributed by atoms with E-state index >= 15 is 0 Å². The van der Waals surface area contributed by atoms with E-state index in [2.05, 4.69) is 274 Å². The molecule has 7 heterocycles. The second-order valence-electron chi connectivity index (χ2n) is 35.5. The van der Waals surface area contributed by atoms with E-state index < -0.39 is 0 Å². The molecule has 135 heavy (non-hydrogen) atoms. The maximum Gasteiger partial charge on any atom is 0.352 e. The molecule has 19 aromatic carbocycles. The number of urea groups is 3. The SMILES string of the molecule is CCOc1c2c(nc3ccc(-c4c5ccccc5c(-c5ccc6ccccc6c5)c5ccccc45)cc13)C=CN(c1ccccc1)C(=O)N=C2.COc1cc2c3c(c1-c1c4ccccc4c(-c4ccc5ccccc5c4)c4ccccc14)C(C)CN3C(=O)N(C)c1ccccc1-2.COc1cc2c3c(c1-c1ccc4c5c(cccc15)Oc1ccccc1-4)C(C)CN3C(=O)N(C)c1ccccc1-2. The van der Waals surface area contributed by atoms with Crippen molar-refractivity contribution in [2.75, 3.05) is 72.5 Å². The Labute approximate surface area is 780 Å². The number of ether oxygens (including phenoxy) is 4. The average molecular weight is 1750 g/mol. The molecule has 0 radical (unpaired) electrons. The molecule has 0 aliphatic carbocycles. The van der Waals surface area contributed by atoms with Gasteiger partial charge in [-0.15, -0.1) is 0 Å². The van der Waals surface area contributed by atoms with Gasteiger partial charge in [0, 0.05) is 107 Å². The van der Waals surface area contributed by atoms with E-state index in [9.17, 15) is 14.4 Å². The van der Waals surface area contributed by atoms with Gasteiger partial charge in [0.2, 0.25) is 0 Å². The fourth-order valence-corrected chi connectivity index (χ4v) is 22.1. The van der Waals surface area contributed by atoms with Gasteiger partial charge in [0.25, 0.3) is 0 Å². The van der Waals surface area contributed by atoms with Crippen LogP contribution in [0.1, 0.15) is 55.0 Å². The Kier molecular flexibility index (Phi) is 19.6. The molecule has 2 atom stereocenters. The fourth-order valence-electron chi connectivity index (χ4n) is 22.1. The molecule has 6 amide bonds. The summed E-state index contributed by atoms with van der Waals surface area (Å²) in [5.41, 5.74) is 26.8. The van der Waals surface area contributed by atoms with Crippen LogP contribution in [0.5, 0.6) is 28.7 Å². The summed E-state index contributed by atoms with van der Waals surface area (Å²) in [5, 5.41) is 17.4. The lowest BCUT2D eigenvalue weighted by atomic mass is 9.81. The molecule has 0 saturated carbocycles. The molecule has 14 heteroatoms. The van der Waals surface area contributed by atoms with Gasteiger partial charge in [-0.3, -0.25) is 24.5 Å². The zero-order chi connectivity index (χ0) is 91.1. The molecule has 1 aromatic heterocycles. The van der Waals surface area contributed by atoms with Crippen LogP contribution in [-0.4, -0.2) is 77.3 Å². The smallest absolute Gasteiger partial charge is 0.352 e. The molecule has 0 saturated heterocycles. The number of amides is 6. The van der Waals surface area contributed by atoms with E-state index in [1.807, 2.05) is 128 Å². The zero-order valence-corrected chi connectivity index (χ0v) is 75.4. The number of nitrogens with zero attached hydrogens (tertiary/aromatic N) is 7. The number of benzene rings is 19. The zero-order valence-electron chi connectivity index (χ0n) is 75.4.